The highest BCUT2D eigenvalue weighted by molar-refractivity contribution is 6.43. The average molecular weight is 503 g/mol. The SMILES string of the molecule is O=C(Nc1ccccc1)C1=NN(c2ccccc2)C(N=Nc2ccccc2)(C(=O)Nc2ccccc2)CC1. The molecule has 1 aliphatic heterocycles. The van der Waals surface area contributed by atoms with Crippen LogP contribution in [0.15, 0.2) is 137 Å². The van der Waals surface area contributed by atoms with Crippen molar-refractivity contribution in [2.24, 2.45) is 15.3 Å². The molecular weight excluding hydrogens is 476 g/mol. The number of hydrogen-bond acceptors (Lipinski definition) is 6. The predicted octanol–water partition coefficient (Wildman–Crippen LogP) is 6.40. The molecule has 38 heavy (non-hydrogen) atoms. The van der Waals surface area contributed by atoms with Crippen LogP contribution >= 0.6 is 0 Å². The third-order valence-corrected chi connectivity index (χ3v) is 6.06. The molecule has 0 bridgehead atoms. The maximum Gasteiger partial charge on any atom is 0.276 e. The van der Waals surface area contributed by atoms with Crippen LogP contribution in [0.25, 0.3) is 0 Å². The van der Waals surface area contributed by atoms with E-state index in [0.717, 1.165) is 0 Å². The van der Waals surface area contributed by atoms with Gasteiger partial charge in [-0.3, -0.25) is 9.59 Å². The molecule has 0 saturated heterocycles. The van der Waals surface area contributed by atoms with Crippen LogP contribution in [0.3, 0.4) is 0 Å². The molecule has 0 spiro atoms. The number of anilines is 3. The van der Waals surface area contributed by atoms with Crippen molar-refractivity contribution in [3.05, 3.63) is 121 Å². The lowest BCUT2D eigenvalue weighted by Crippen LogP contribution is -2.57. The third kappa shape index (κ3) is 5.49. The van der Waals surface area contributed by atoms with E-state index in [-0.39, 0.29) is 24.5 Å². The van der Waals surface area contributed by atoms with E-state index < -0.39 is 11.6 Å². The van der Waals surface area contributed by atoms with Crippen molar-refractivity contribution in [1.29, 1.82) is 0 Å². The number of para-hydroxylation sites is 3. The van der Waals surface area contributed by atoms with Crippen LogP contribution in [0.1, 0.15) is 12.8 Å². The molecule has 1 atom stereocenters. The Labute approximate surface area is 220 Å². The Morgan fingerprint density at radius 2 is 1.24 bits per heavy atom. The molecule has 0 aromatic heterocycles. The fourth-order valence-corrected chi connectivity index (χ4v) is 4.11. The summed E-state index contributed by atoms with van der Waals surface area (Å²) in [5.41, 5.74) is 1.24. The number of carbonyl (C=O) groups is 2. The van der Waals surface area contributed by atoms with Crippen LogP contribution in [0.4, 0.5) is 22.7 Å². The number of azo groups is 1. The molecular formula is C30H26N6O2. The van der Waals surface area contributed by atoms with Crippen molar-refractivity contribution in [3.63, 3.8) is 0 Å². The Bertz CT molecular complexity index is 1440. The van der Waals surface area contributed by atoms with Crippen LogP contribution < -0.4 is 15.6 Å². The molecule has 0 saturated carbocycles. The first-order valence-corrected chi connectivity index (χ1v) is 12.3. The predicted molar refractivity (Wildman–Crippen MR) is 149 cm³/mol. The first kappa shape index (κ1) is 24.6. The second kappa shape index (κ2) is 11.3. The molecule has 0 aliphatic carbocycles. The van der Waals surface area contributed by atoms with E-state index in [1.807, 2.05) is 109 Å². The van der Waals surface area contributed by atoms with Crippen LogP contribution in [-0.4, -0.2) is 23.2 Å². The second-order valence-electron chi connectivity index (χ2n) is 8.69. The van der Waals surface area contributed by atoms with Crippen LogP contribution in [-0.2, 0) is 9.59 Å². The van der Waals surface area contributed by atoms with E-state index in [0.29, 0.717) is 22.7 Å². The summed E-state index contributed by atoms with van der Waals surface area (Å²) in [4.78, 5) is 27.2. The minimum absolute atomic E-state index is 0.179. The first-order valence-electron chi connectivity index (χ1n) is 12.3. The number of hydrazone groups is 1. The molecule has 1 unspecified atom stereocenters. The Balaban J connectivity index is 1.57. The van der Waals surface area contributed by atoms with Gasteiger partial charge in [-0.05, 0) is 48.5 Å². The largest absolute Gasteiger partial charge is 0.322 e. The summed E-state index contributed by atoms with van der Waals surface area (Å²) in [7, 11) is 0. The van der Waals surface area contributed by atoms with Crippen LogP contribution in [0.2, 0.25) is 0 Å². The van der Waals surface area contributed by atoms with E-state index in [2.05, 4.69) is 20.9 Å². The second-order valence-corrected chi connectivity index (χ2v) is 8.69. The van der Waals surface area contributed by atoms with E-state index in [4.69, 9.17) is 5.10 Å². The minimum atomic E-state index is -1.54. The van der Waals surface area contributed by atoms with Crippen molar-refractivity contribution >= 4 is 40.3 Å². The maximum atomic E-state index is 14.0. The van der Waals surface area contributed by atoms with Gasteiger partial charge in [-0.15, -0.1) is 5.11 Å². The maximum absolute atomic E-state index is 14.0. The van der Waals surface area contributed by atoms with Gasteiger partial charge in [0.05, 0.1) is 11.4 Å². The highest BCUT2D eigenvalue weighted by atomic mass is 16.2. The van der Waals surface area contributed by atoms with Gasteiger partial charge in [0.1, 0.15) is 5.71 Å². The zero-order valence-electron chi connectivity index (χ0n) is 20.6. The molecule has 1 heterocycles. The Hall–Kier alpha value is -5.11. The summed E-state index contributed by atoms with van der Waals surface area (Å²) < 4.78 is 0. The molecule has 8 heteroatoms. The van der Waals surface area contributed by atoms with Crippen molar-refractivity contribution in [2.45, 2.75) is 18.5 Å². The van der Waals surface area contributed by atoms with E-state index >= 15 is 0 Å². The normalized spacial score (nSPS) is 17.1. The topological polar surface area (TPSA) is 98.5 Å². The highest BCUT2D eigenvalue weighted by Gasteiger charge is 2.49. The fourth-order valence-electron chi connectivity index (χ4n) is 4.11. The van der Waals surface area contributed by atoms with Gasteiger partial charge in [-0.1, -0.05) is 72.8 Å². The monoisotopic (exact) mass is 502 g/mol. The van der Waals surface area contributed by atoms with Crippen molar-refractivity contribution in [2.75, 3.05) is 15.6 Å². The zero-order valence-corrected chi connectivity index (χ0v) is 20.6. The van der Waals surface area contributed by atoms with E-state index in [1.54, 1.807) is 12.1 Å². The number of amides is 2. The van der Waals surface area contributed by atoms with Crippen molar-refractivity contribution < 1.29 is 9.59 Å². The van der Waals surface area contributed by atoms with Gasteiger partial charge in [0, 0.05) is 24.2 Å². The fraction of sp³-hybridized carbons (Fsp3) is 0.100. The van der Waals surface area contributed by atoms with Gasteiger partial charge in [0.15, 0.2) is 0 Å². The average Bonchev–Trinajstić information content (AvgIpc) is 2.98. The number of carbonyl (C=O) groups excluding carboxylic acids is 2. The smallest absolute Gasteiger partial charge is 0.276 e. The molecule has 4 aromatic carbocycles. The summed E-state index contributed by atoms with van der Waals surface area (Å²) in [6.07, 6.45) is 0.399. The summed E-state index contributed by atoms with van der Waals surface area (Å²) in [6, 6.07) is 36.8. The number of nitrogens with one attached hydrogen (secondary N) is 2. The van der Waals surface area contributed by atoms with Crippen LogP contribution in [0.5, 0.6) is 0 Å². The van der Waals surface area contributed by atoms with Gasteiger partial charge in [0.2, 0.25) is 0 Å². The minimum Gasteiger partial charge on any atom is -0.322 e. The van der Waals surface area contributed by atoms with Crippen molar-refractivity contribution in [3.8, 4) is 0 Å². The molecule has 2 amide bonds. The Morgan fingerprint density at radius 1 is 0.711 bits per heavy atom. The van der Waals surface area contributed by atoms with Gasteiger partial charge < -0.3 is 10.6 Å². The number of rotatable bonds is 7. The third-order valence-electron chi connectivity index (χ3n) is 6.06. The molecule has 4 aromatic rings. The quantitative estimate of drug-likeness (QED) is 0.286. The van der Waals surface area contributed by atoms with Gasteiger partial charge in [0.25, 0.3) is 17.5 Å². The van der Waals surface area contributed by atoms with Gasteiger partial charge in [-0.2, -0.15) is 10.2 Å². The lowest BCUT2D eigenvalue weighted by Gasteiger charge is -2.39. The summed E-state index contributed by atoms with van der Waals surface area (Å²) in [6.45, 7) is 0. The Morgan fingerprint density at radius 3 is 1.84 bits per heavy atom. The van der Waals surface area contributed by atoms with E-state index in [9.17, 15) is 9.59 Å². The zero-order chi connectivity index (χ0) is 26.2. The lowest BCUT2D eigenvalue weighted by molar-refractivity contribution is -0.121. The summed E-state index contributed by atoms with van der Waals surface area (Å²) in [5.74, 6) is -0.743. The van der Waals surface area contributed by atoms with Crippen LogP contribution in [0, 0.1) is 0 Å². The van der Waals surface area contributed by atoms with E-state index in [1.165, 1.54) is 5.01 Å². The molecule has 188 valence electrons. The lowest BCUT2D eigenvalue weighted by atomic mass is 9.96. The number of hydrogen-bond donors (Lipinski definition) is 2. The summed E-state index contributed by atoms with van der Waals surface area (Å²) >= 11 is 0. The molecule has 0 radical (unpaired) electrons. The molecule has 0 fully saturated rings. The number of benzene rings is 4. The first-order chi connectivity index (χ1) is 18.6. The molecule has 8 nitrogen and oxygen atoms in total. The number of nitrogens with zero attached hydrogens (tertiary/aromatic N) is 4. The summed E-state index contributed by atoms with van der Waals surface area (Å²) in [5, 5.41) is 21.1. The van der Waals surface area contributed by atoms with Gasteiger partial charge >= 0.3 is 0 Å². The Kier molecular flexibility index (Phi) is 7.31. The van der Waals surface area contributed by atoms with Gasteiger partial charge in [-0.25, -0.2) is 5.01 Å². The van der Waals surface area contributed by atoms with Crippen molar-refractivity contribution in [1.82, 2.24) is 0 Å². The molecule has 2 N–H and O–H groups in total. The molecule has 5 rings (SSSR count). The standard InChI is InChI=1S/C30H26N6O2/c37-28(31-23-13-5-1-6-14-23)27-21-22-30(35-33-25-17-9-3-10-18-25,29(38)32-24-15-7-2-8-16-24)36(34-27)26-19-11-4-12-20-26/h1-20H,21-22H2,(H,31,37)(H,32,38). The molecule has 1 aliphatic rings. The highest BCUT2D eigenvalue weighted by Crippen LogP contribution is 2.36.